The van der Waals surface area contributed by atoms with E-state index < -0.39 is 0 Å². The summed E-state index contributed by atoms with van der Waals surface area (Å²) in [6, 6.07) is 12.3. The van der Waals surface area contributed by atoms with Crippen LogP contribution in [0.2, 0.25) is 0 Å². The van der Waals surface area contributed by atoms with Gasteiger partial charge in [-0.1, -0.05) is 30.3 Å². The van der Waals surface area contributed by atoms with Gasteiger partial charge < -0.3 is 15.0 Å². The molecule has 0 aliphatic rings. The molecule has 23 heavy (non-hydrogen) atoms. The van der Waals surface area contributed by atoms with Gasteiger partial charge in [-0.3, -0.25) is 0 Å². The monoisotopic (exact) mass is 310 g/mol. The Balaban J connectivity index is 1.84. The van der Waals surface area contributed by atoms with Crippen LogP contribution >= 0.6 is 0 Å². The van der Waals surface area contributed by atoms with Crippen LogP contribution in [0.25, 0.3) is 22.3 Å². The Morgan fingerprint density at radius 2 is 2.00 bits per heavy atom. The molecule has 0 saturated carbocycles. The van der Waals surface area contributed by atoms with Crippen LogP contribution in [0.15, 0.2) is 36.4 Å². The highest BCUT2D eigenvalue weighted by Crippen LogP contribution is 2.26. The first-order valence-electron chi connectivity index (χ1n) is 8.02. The van der Waals surface area contributed by atoms with Crippen LogP contribution in [0.4, 0.5) is 5.82 Å². The number of nitrogens with zero attached hydrogens (tertiary/aromatic N) is 2. The van der Waals surface area contributed by atoms with Gasteiger partial charge >= 0.3 is 0 Å². The third kappa shape index (κ3) is 3.68. The van der Waals surface area contributed by atoms with Gasteiger partial charge in [0.25, 0.3) is 0 Å². The highest BCUT2D eigenvalue weighted by Gasteiger charge is 2.10. The Morgan fingerprint density at radius 1 is 1.17 bits per heavy atom. The zero-order chi connectivity index (χ0) is 16.1. The quantitative estimate of drug-likeness (QED) is 0.652. The van der Waals surface area contributed by atoms with E-state index in [1.165, 1.54) is 0 Å². The summed E-state index contributed by atoms with van der Waals surface area (Å²) in [4.78, 5) is 12.5. The number of benzene rings is 1. The minimum atomic E-state index is 0.758. The Labute approximate surface area is 136 Å². The summed E-state index contributed by atoms with van der Waals surface area (Å²) in [5.41, 5.74) is 4.08. The smallest absolute Gasteiger partial charge is 0.154 e. The lowest BCUT2D eigenvalue weighted by atomic mass is 10.2. The van der Waals surface area contributed by atoms with Crippen LogP contribution in [-0.4, -0.2) is 34.7 Å². The fourth-order valence-electron chi connectivity index (χ4n) is 2.56. The molecule has 2 aromatic heterocycles. The highest BCUT2D eigenvalue weighted by molar-refractivity contribution is 5.90. The third-order valence-corrected chi connectivity index (χ3v) is 3.64. The van der Waals surface area contributed by atoms with Crippen molar-refractivity contribution in [1.29, 1.82) is 0 Å². The lowest BCUT2D eigenvalue weighted by molar-refractivity contribution is 0.147. The average molecular weight is 310 g/mol. The molecule has 0 aliphatic heterocycles. The van der Waals surface area contributed by atoms with Crippen molar-refractivity contribution in [2.45, 2.75) is 20.3 Å². The maximum Gasteiger partial charge on any atom is 0.154 e. The summed E-state index contributed by atoms with van der Waals surface area (Å²) in [6.07, 6.45) is 0.949. The summed E-state index contributed by atoms with van der Waals surface area (Å²) >= 11 is 0. The molecule has 0 unspecified atom stereocenters. The van der Waals surface area contributed by atoms with Gasteiger partial charge in [0.15, 0.2) is 5.82 Å². The number of aryl methyl sites for hydroxylation is 1. The lowest BCUT2D eigenvalue weighted by Gasteiger charge is -2.07. The zero-order valence-corrected chi connectivity index (χ0v) is 13.6. The van der Waals surface area contributed by atoms with E-state index in [-0.39, 0.29) is 0 Å². The number of nitrogens with one attached hydrogen (secondary N) is 2. The minimum Gasteiger partial charge on any atom is -0.382 e. The number of aromatic nitrogens is 3. The molecule has 5 nitrogen and oxygen atoms in total. The number of aromatic amines is 1. The first kappa shape index (κ1) is 15.5. The van der Waals surface area contributed by atoms with Crippen LogP contribution < -0.4 is 5.32 Å². The average Bonchev–Trinajstić information content (AvgIpc) is 2.99. The molecule has 0 bridgehead atoms. The van der Waals surface area contributed by atoms with Crippen LogP contribution in [0.5, 0.6) is 0 Å². The maximum atomic E-state index is 5.36. The normalized spacial score (nSPS) is 11.0. The second-order valence-corrected chi connectivity index (χ2v) is 5.41. The zero-order valence-electron chi connectivity index (χ0n) is 13.6. The fraction of sp³-hybridized carbons (Fsp3) is 0.333. The van der Waals surface area contributed by atoms with E-state index in [1.54, 1.807) is 0 Å². The topological polar surface area (TPSA) is 62.8 Å². The van der Waals surface area contributed by atoms with E-state index in [9.17, 15) is 0 Å². The van der Waals surface area contributed by atoms with Crippen molar-refractivity contribution in [2.75, 3.05) is 25.1 Å². The molecular weight excluding hydrogens is 288 g/mol. The van der Waals surface area contributed by atoms with E-state index in [0.29, 0.717) is 0 Å². The van der Waals surface area contributed by atoms with Gasteiger partial charge in [0.2, 0.25) is 0 Å². The van der Waals surface area contributed by atoms with Crippen LogP contribution in [0.1, 0.15) is 19.2 Å². The summed E-state index contributed by atoms with van der Waals surface area (Å²) < 4.78 is 5.36. The first-order valence-corrected chi connectivity index (χ1v) is 8.02. The third-order valence-electron chi connectivity index (χ3n) is 3.64. The van der Waals surface area contributed by atoms with Crippen molar-refractivity contribution in [3.05, 3.63) is 42.2 Å². The fourth-order valence-corrected chi connectivity index (χ4v) is 2.56. The van der Waals surface area contributed by atoms with Crippen molar-refractivity contribution in [3.63, 3.8) is 0 Å². The second kappa shape index (κ2) is 7.24. The molecule has 0 saturated heterocycles. The Bertz CT molecular complexity index is 767. The van der Waals surface area contributed by atoms with Gasteiger partial charge in [0.05, 0.1) is 5.52 Å². The molecule has 2 N–H and O–H groups in total. The highest BCUT2D eigenvalue weighted by atomic mass is 16.5. The van der Waals surface area contributed by atoms with Gasteiger partial charge in [-0.15, -0.1) is 0 Å². The second-order valence-electron chi connectivity index (χ2n) is 5.41. The molecule has 2 heterocycles. The van der Waals surface area contributed by atoms with Crippen LogP contribution in [0, 0.1) is 6.92 Å². The molecule has 0 fully saturated rings. The van der Waals surface area contributed by atoms with Gasteiger partial charge in [-0.2, -0.15) is 0 Å². The molecule has 0 aliphatic carbocycles. The maximum absolute atomic E-state index is 5.36. The standard InChI is InChI=1S/C18H22N4O/c1-3-23-11-7-10-19-18-17-16(20-13(2)21-18)12-15(22-17)14-8-5-4-6-9-14/h4-6,8-9,12,22H,3,7,10-11H2,1-2H3,(H,19,20,21). The first-order chi connectivity index (χ1) is 11.3. The predicted molar refractivity (Wildman–Crippen MR) is 93.7 cm³/mol. The summed E-state index contributed by atoms with van der Waals surface area (Å²) in [6.45, 7) is 6.27. The number of anilines is 1. The molecular formula is C18H22N4O. The number of rotatable bonds is 7. The van der Waals surface area contributed by atoms with E-state index in [1.807, 2.05) is 32.0 Å². The summed E-state index contributed by atoms with van der Waals surface area (Å²) in [7, 11) is 0. The van der Waals surface area contributed by atoms with Crippen molar-refractivity contribution in [3.8, 4) is 11.3 Å². The van der Waals surface area contributed by atoms with E-state index >= 15 is 0 Å². The SMILES string of the molecule is CCOCCCNc1nc(C)nc2cc(-c3ccccc3)[nH]c12. The Morgan fingerprint density at radius 3 is 2.78 bits per heavy atom. The molecule has 120 valence electrons. The van der Waals surface area contributed by atoms with Crippen molar-refractivity contribution < 1.29 is 4.74 Å². The van der Waals surface area contributed by atoms with Crippen molar-refractivity contribution >= 4 is 16.9 Å². The number of hydrogen-bond acceptors (Lipinski definition) is 4. The van der Waals surface area contributed by atoms with E-state index in [4.69, 9.17) is 4.74 Å². The van der Waals surface area contributed by atoms with Gasteiger partial charge in [-0.25, -0.2) is 9.97 Å². The number of fused-ring (bicyclic) bond motifs is 1. The minimum absolute atomic E-state index is 0.758. The van der Waals surface area contributed by atoms with Gasteiger partial charge in [0, 0.05) is 25.5 Å². The van der Waals surface area contributed by atoms with Crippen molar-refractivity contribution in [1.82, 2.24) is 15.0 Å². The number of H-pyrrole nitrogens is 1. The molecule has 0 radical (unpaired) electrons. The van der Waals surface area contributed by atoms with E-state index in [0.717, 1.165) is 60.1 Å². The number of hydrogen-bond donors (Lipinski definition) is 2. The predicted octanol–water partition coefficient (Wildman–Crippen LogP) is 3.77. The molecule has 3 rings (SSSR count). The number of ether oxygens (including phenoxy) is 1. The van der Waals surface area contributed by atoms with Crippen molar-refractivity contribution in [2.24, 2.45) is 0 Å². The molecule has 0 atom stereocenters. The Kier molecular flexibility index (Phi) is 4.88. The van der Waals surface area contributed by atoms with Crippen LogP contribution in [-0.2, 0) is 4.74 Å². The molecule has 5 heteroatoms. The summed E-state index contributed by atoms with van der Waals surface area (Å²) in [5.74, 6) is 1.62. The lowest BCUT2D eigenvalue weighted by Crippen LogP contribution is -2.08. The summed E-state index contributed by atoms with van der Waals surface area (Å²) in [5, 5.41) is 3.39. The molecule has 0 spiro atoms. The van der Waals surface area contributed by atoms with Gasteiger partial charge in [0.1, 0.15) is 11.3 Å². The molecule has 1 aromatic carbocycles. The largest absolute Gasteiger partial charge is 0.382 e. The van der Waals surface area contributed by atoms with E-state index in [2.05, 4.69) is 38.5 Å². The van der Waals surface area contributed by atoms with Crippen LogP contribution in [0.3, 0.4) is 0 Å². The molecule has 3 aromatic rings. The molecule has 0 amide bonds. The Hall–Kier alpha value is -2.40. The van der Waals surface area contributed by atoms with Gasteiger partial charge in [-0.05, 0) is 31.9 Å².